The highest BCUT2D eigenvalue weighted by atomic mass is 35.5. The first-order valence-corrected chi connectivity index (χ1v) is 5.14. The summed E-state index contributed by atoms with van der Waals surface area (Å²) in [6.45, 7) is 2.07. The van der Waals surface area contributed by atoms with Gasteiger partial charge < -0.3 is 5.32 Å². The van der Waals surface area contributed by atoms with Gasteiger partial charge in [0.25, 0.3) is 0 Å². The molecule has 0 saturated carbocycles. The number of benzene rings is 1. The predicted molar refractivity (Wildman–Crippen MR) is 58.1 cm³/mol. The Balaban J connectivity index is 2.47. The van der Waals surface area contributed by atoms with Crippen LogP contribution in [0.15, 0.2) is 18.2 Å². The van der Waals surface area contributed by atoms with Gasteiger partial charge in [0, 0.05) is 28.7 Å². The van der Waals surface area contributed by atoms with E-state index < -0.39 is 0 Å². The molecule has 3 heteroatoms. The summed E-state index contributed by atoms with van der Waals surface area (Å²) in [5.41, 5.74) is 1.63. The van der Waals surface area contributed by atoms with Crippen LogP contribution in [0.3, 0.4) is 0 Å². The second kappa shape index (κ2) is 3.62. The Labute approximate surface area is 88.3 Å². The molecule has 0 radical (unpaired) electrons. The zero-order valence-electron chi connectivity index (χ0n) is 8.01. The van der Waals surface area contributed by atoms with Gasteiger partial charge in [0.05, 0.1) is 0 Å². The summed E-state index contributed by atoms with van der Waals surface area (Å²) < 4.78 is 0. The Bertz CT molecular complexity index is 376. The normalized spacial score (nSPS) is 21.0. The number of rotatable bonds is 0. The Morgan fingerprint density at radius 1 is 1.50 bits per heavy atom. The maximum absolute atomic E-state index is 11.7. The van der Waals surface area contributed by atoms with Crippen LogP contribution in [0.1, 0.15) is 30.1 Å². The smallest absolute Gasteiger partial charge is 0.165 e. The Morgan fingerprint density at radius 2 is 2.29 bits per heavy atom. The molecule has 1 unspecified atom stereocenters. The van der Waals surface area contributed by atoms with Crippen LogP contribution >= 0.6 is 11.6 Å². The second-order valence-electron chi connectivity index (χ2n) is 3.70. The van der Waals surface area contributed by atoms with Crippen molar-refractivity contribution >= 4 is 23.1 Å². The van der Waals surface area contributed by atoms with Gasteiger partial charge in [0.1, 0.15) is 0 Å². The monoisotopic (exact) mass is 209 g/mol. The van der Waals surface area contributed by atoms with Crippen molar-refractivity contribution in [2.75, 3.05) is 5.32 Å². The van der Waals surface area contributed by atoms with Crippen molar-refractivity contribution in [1.82, 2.24) is 0 Å². The first-order chi connectivity index (χ1) is 6.66. The average Bonchev–Trinajstić information content (AvgIpc) is 2.26. The average molecular weight is 210 g/mol. The number of carbonyl (C=O) groups excluding carboxylic acids is 1. The lowest BCUT2D eigenvalue weighted by atomic mass is 10.1. The van der Waals surface area contributed by atoms with Crippen LogP contribution < -0.4 is 5.32 Å². The molecule has 1 N–H and O–H groups in total. The molecule has 2 rings (SSSR count). The zero-order chi connectivity index (χ0) is 10.1. The van der Waals surface area contributed by atoms with Gasteiger partial charge in [-0.2, -0.15) is 0 Å². The van der Waals surface area contributed by atoms with E-state index >= 15 is 0 Å². The van der Waals surface area contributed by atoms with E-state index in [1.165, 1.54) is 0 Å². The molecule has 1 heterocycles. The first-order valence-electron chi connectivity index (χ1n) is 4.76. The fraction of sp³-hybridized carbons (Fsp3) is 0.364. The molecule has 74 valence electrons. The Kier molecular flexibility index (Phi) is 2.46. The maximum Gasteiger partial charge on any atom is 0.165 e. The highest BCUT2D eigenvalue weighted by Crippen LogP contribution is 2.26. The zero-order valence-corrected chi connectivity index (χ0v) is 8.77. The molecule has 1 aliphatic heterocycles. The van der Waals surface area contributed by atoms with E-state index in [1.807, 2.05) is 6.07 Å². The summed E-state index contributed by atoms with van der Waals surface area (Å²) >= 11 is 5.87. The molecule has 0 spiro atoms. The van der Waals surface area contributed by atoms with Crippen LogP contribution in [0.2, 0.25) is 5.02 Å². The Hall–Kier alpha value is -1.02. The number of nitrogens with one attached hydrogen (secondary N) is 1. The minimum Gasteiger partial charge on any atom is -0.382 e. The highest BCUT2D eigenvalue weighted by molar-refractivity contribution is 6.31. The third-order valence-corrected chi connectivity index (χ3v) is 2.72. The van der Waals surface area contributed by atoms with Gasteiger partial charge >= 0.3 is 0 Å². The van der Waals surface area contributed by atoms with Crippen molar-refractivity contribution in [3.63, 3.8) is 0 Å². The van der Waals surface area contributed by atoms with Crippen molar-refractivity contribution < 1.29 is 4.79 Å². The summed E-state index contributed by atoms with van der Waals surface area (Å²) in [4.78, 5) is 11.7. The van der Waals surface area contributed by atoms with Gasteiger partial charge in [-0.05, 0) is 31.5 Å². The fourth-order valence-electron chi connectivity index (χ4n) is 1.70. The Morgan fingerprint density at radius 3 is 3.07 bits per heavy atom. The molecular formula is C11H12ClNO. The minimum absolute atomic E-state index is 0.202. The van der Waals surface area contributed by atoms with Crippen LogP contribution in [-0.4, -0.2) is 11.8 Å². The summed E-state index contributed by atoms with van der Waals surface area (Å²) in [6.07, 6.45) is 1.49. The summed E-state index contributed by atoms with van der Waals surface area (Å²) in [5.74, 6) is 0.202. The van der Waals surface area contributed by atoms with E-state index in [9.17, 15) is 4.79 Å². The number of ketones is 1. The van der Waals surface area contributed by atoms with E-state index in [-0.39, 0.29) is 5.78 Å². The van der Waals surface area contributed by atoms with Crippen molar-refractivity contribution in [3.05, 3.63) is 28.8 Å². The van der Waals surface area contributed by atoms with E-state index in [2.05, 4.69) is 12.2 Å². The number of halogens is 1. The predicted octanol–water partition coefficient (Wildman–Crippen LogP) is 3.12. The quantitative estimate of drug-likeness (QED) is 0.712. The SMILES string of the molecule is CC1CCC(=O)c2ccc(Cl)cc2N1. The number of fused-ring (bicyclic) bond motifs is 1. The summed E-state index contributed by atoms with van der Waals surface area (Å²) in [5, 5.41) is 3.95. The maximum atomic E-state index is 11.7. The highest BCUT2D eigenvalue weighted by Gasteiger charge is 2.18. The fourth-order valence-corrected chi connectivity index (χ4v) is 1.87. The van der Waals surface area contributed by atoms with Crippen molar-refractivity contribution in [2.24, 2.45) is 0 Å². The van der Waals surface area contributed by atoms with Gasteiger partial charge in [-0.3, -0.25) is 4.79 Å². The molecule has 2 nitrogen and oxygen atoms in total. The van der Waals surface area contributed by atoms with E-state index in [1.54, 1.807) is 12.1 Å². The van der Waals surface area contributed by atoms with Crippen molar-refractivity contribution in [2.45, 2.75) is 25.8 Å². The molecule has 0 amide bonds. The molecule has 0 aliphatic carbocycles. The van der Waals surface area contributed by atoms with Gasteiger partial charge in [-0.25, -0.2) is 0 Å². The number of hydrogen-bond acceptors (Lipinski definition) is 2. The molecule has 0 bridgehead atoms. The van der Waals surface area contributed by atoms with Crippen LogP contribution in [0.25, 0.3) is 0 Å². The third kappa shape index (κ3) is 1.75. The lowest BCUT2D eigenvalue weighted by Crippen LogP contribution is -2.13. The lowest BCUT2D eigenvalue weighted by Gasteiger charge is -2.12. The first kappa shape index (κ1) is 9.53. The van der Waals surface area contributed by atoms with Crippen LogP contribution in [0, 0.1) is 0 Å². The van der Waals surface area contributed by atoms with Crippen LogP contribution in [0.5, 0.6) is 0 Å². The molecule has 0 saturated heterocycles. The van der Waals surface area contributed by atoms with Crippen LogP contribution in [-0.2, 0) is 0 Å². The van der Waals surface area contributed by atoms with Gasteiger partial charge in [0.2, 0.25) is 0 Å². The van der Waals surface area contributed by atoms with Gasteiger partial charge in [-0.1, -0.05) is 11.6 Å². The molecule has 0 aromatic heterocycles. The number of carbonyl (C=O) groups is 1. The topological polar surface area (TPSA) is 29.1 Å². The standard InChI is InChI=1S/C11H12ClNO/c1-7-2-5-11(14)9-4-3-8(12)6-10(9)13-7/h3-4,6-7,13H,2,5H2,1H3. The molecule has 1 aromatic rings. The summed E-state index contributed by atoms with van der Waals surface area (Å²) in [7, 11) is 0. The molecule has 1 aromatic carbocycles. The number of anilines is 1. The van der Waals surface area contributed by atoms with E-state index in [4.69, 9.17) is 11.6 Å². The lowest BCUT2D eigenvalue weighted by molar-refractivity contribution is 0.0982. The molecular weight excluding hydrogens is 198 g/mol. The minimum atomic E-state index is 0.202. The largest absolute Gasteiger partial charge is 0.382 e. The van der Waals surface area contributed by atoms with Crippen molar-refractivity contribution in [3.8, 4) is 0 Å². The van der Waals surface area contributed by atoms with E-state index in [0.29, 0.717) is 17.5 Å². The summed E-state index contributed by atoms with van der Waals surface area (Å²) in [6, 6.07) is 5.70. The van der Waals surface area contributed by atoms with Crippen molar-refractivity contribution in [1.29, 1.82) is 0 Å². The van der Waals surface area contributed by atoms with Gasteiger partial charge in [0.15, 0.2) is 5.78 Å². The second-order valence-corrected chi connectivity index (χ2v) is 4.13. The molecule has 1 aliphatic rings. The molecule has 0 fully saturated rings. The van der Waals surface area contributed by atoms with Gasteiger partial charge in [-0.15, -0.1) is 0 Å². The third-order valence-electron chi connectivity index (χ3n) is 2.49. The van der Waals surface area contributed by atoms with Crippen LogP contribution in [0.4, 0.5) is 5.69 Å². The number of hydrogen-bond donors (Lipinski definition) is 1. The molecule has 14 heavy (non-hydrogen) atoms. The molecule has 1 atom stereocenters. The van der Waals surface area contributed by atoms with E-state index in [0.717, 1.165) is 17.7 Å². The number of Topliss-reactive ketones (excluding diaryl/α,β-unsaturated/α-hetero) is 1.